The van der Waals surface area contributed by atoms with E-state index in [9.17, 15) is 9.59 Å². The summed E-state index contributed by atoms with van der Waals surface area (Å²) in [5.74, 6) is 0.0756. The Hall–Kier alpha value is -2.82. The van der Waals surface area contributed by atoms with E-state index in [0.29, 0.717) is 12.1 Å². The van der Waals surface area contributed by atoms with Crippen molar-refractivity contribution in [2.24, 2.45) is 0 Å². The van der Waals surface area contributed by atoms with Crippen LogP contribution in [0.3, 0.4) is 0 Å². The molecule has 0 aliphatic carbocycles. The Labute approximate surface area is 152 Å². The number of fused-ring (bicyclic) bond motifs is 4. The van der Waals surface area contributed by atoms with Gasteiger partial charge in [-0.2, -0.15) is 0 Å². The van der Waals surface area contributed by atoms with E-state index in [0.717, 1.165) is 43.7 Å². The summed E-state index contributed by atoms with van der Waals surface area (Å²) in [7, 11) is 0. The van der Waals surface area contributed by atoms with Crippen LogP contribution in [0.25, 0.3) is 0 Å². The molecule has 3 aliphatic heterocycles. The highest BCUT2D eigenvalue weighted by molar-refractivity contribution is 6.06. The average Bonchev–Trinajstić information content (AvgIpc) is 3.17. The SMILES string of the molecule is O=C1Nc2cc(C(=O)N3CCc4ccccc4C3)ccc2N2CCCC12. The third kappa shape index (κ3) is 2.38. The van der Waals surface area contributed by atoms with E-state index in [4.69, 9.17) is 0 Å². The van der Waals surface area contributed by atoms with E-state index < -0.39 is 0 Å². The minimum absolute atomic E-state index is 0.0279. The van der Waals surface area contributed by atoms with Crippen molar-refractivity contribution in [1.82, 2.24) is 4.90 Å². The molecule has 1 saturated heterocycles. The Balaban J connectivity index is 1.42. The lowest BCUT2D eigenvalue weighted by Gasteiger charge is -2.33. The first-order valence-electron chi connectivity index (χ1n) is 9.28. The maximum atomic E-state index is 13.0. The molecule has 3 heterocycles. The van der Waals surface area contributed by atoms with E-state index in [1.807, 2.05) is 35.2 Å². The number of nitrogens with one attached hydrogen (secondary N) is 1. The Morgan fingerprint density at radius 3 is 2.81 bits per heavy atom. The minimum Gasteiger partial charge on any atom is -0.358 e. The largest absolute Gasteiger partial charge is 0.358 e. The van der Waals surface area contributed by atoms with Crippen molar-refractivity contribution in [2.75, 3.05) is 23.3 Å². The second-order valence-corrected chi connectivity index (χ2v) is 7.32. The molecule has 1 atom stereocenters. The van der Waals surface area contributed by atoms with Crippen molar-refractivity contribution >= 4 is 23.2 Å². The zero-order valence-corrected chi connectivity index (χ0v) is 14.6. The summed E-state index contributed by atoms with van der Waals surface area (Å²) in [6.45, 7) is 2.28. The average molecular weight is 347 g/mol. The molecule has 132 valence electrons. The van der Waals surface area contributed by atoms with Crippen LogP contribution in [0.2, 0.25) is 0 Å². The van der Waals surface area contributed by atoms with Crippen LogP contribution >= 0.6 is 0 Å². The normalized spacial score (nSPS) is 20.9. The van der Waals surface area contributed by atoms with Crippen molar-refractivity contribution in [3.05, 3.63) is 59.2 Å². The zero-order valence-electron chi connectivity index (χ0n) is 14.6. The number of rotatable bonds is 1. The number of carbonyl (C=O) groups is 2. The lowest BCUT2D eigenvalue weighted by atomic mass is 9.99. The molecule has 1 N–H and O–H groups in total. The van der Waals surface area contributed by atoms with Crippen molar-refractivity contribution < 1.29 is 9.59 Å². The second kappa shape index (κ2) is 5.87. The van der Waals surface area contributed by atoms with E-state index in [1.165, 1.54) is 11.1 Å². The van der Waals surface area contributed by atoms with Crippen LogP contribution in [0.1, 0.15) is 34.3 Å². The number of nitrogens with zero attached hydrogens (tertiary/aromatic N) is 2. The van der Waals surface area contributed by atoms with Crippen LogP contribution < -0.4 is 10.2 Å². The van der Waals surface area contributed by atoms with E-state index in [2.05, 4.69) is 22.3 Å². The molecule has 3 aliphatic rings. The van der Waals surface area contributed by atoms with Crippen LogP contribution in [0.4, 0.5) is 11.4 Å². The van der Waals surface area contributed by atoms with Gasteiger partial charge in [0.25, 0.3) is 5.91 Å². The fourth-order valence-electron chi connectivity index (χ4n) is 4.41. The fourth-order valence-corrected chi connectivity index (χ4v) is 4.41. The van der Waals surface area contributed by atoms with Gasteiger partial charge in [-0.25, -0.2) is 0 Å². The topological polar surface area (TPSA) is 52.7 Å². The Morgan fingerprint density at radius 1 is 1.08 bits per heavy atom. The molecule has 2 amide bonds. The maximum absolute atomic E-state index is 13.0. The molecule has 2 aromatic carbocycles. The molecule has 5 rings (SSSR count). The van der Waals surface area contributed by atoms with Crippen LogP contribution in [0.15, 0.2) is 42.5 Å². The van der Waals surface area contributed by atoms with Gasteiger partial charge in [-0.15, -0.1) is 0 Å². The van der Waals surface area contributed by atoms with Gasteiger partial charge >= 0.3 is 0 Å². The fraction of sp³-hybridized carbons (Fsp3) is 0.333. The third-order valence-electron chi connectivity index (χ3n) is 5.78. The summed E-state index contributed by atoms with van der Waals surface area (Å²) >= 11 is 0. The zero-order chi connectivity index (χ0) is 17.7. The number of benzene rings is 2. The highest BCUT2D eigenvalue weighted by Gasteiger charge is 2.36. The molecule has 26 heavy (non-hydrogen) atoms. The quantitative estimate of drug-likeness (QED) is 0.863. The number of hydrogen-bond acceptors (Lipinski definition) is 3. The highest BCUT2D eigenvalue weighted by atomic mass is 16.2. The summed E-state index contributed by atoms with van der Waals surface area (Å²) in [6, 6.07) is 14.0. The molecular formula is C21H21N3O2. The minimum atomic E-state index is -0.0531. The summed E-state index contributed by atoms with van der Waals surface area (Å²) in [5.41, 5.74) is 4.98. The van der Waals surface area contributed by atoms with Gasteiger partial charge in [0.15, 0.2) is 0 Å². The van der Waals surface area contributed by atoms with Crippen LogP contribution in [0, 0.1) is 0 Å². The standard InChI is InChI=1S/C21H21N3O2/c25-20-19-6-3-10-24(19)18-8-7-15(12-17(18)22-20)21(26)23-11-9-14-4-1-2-5-16(14)13-23/h1-2,4-5,7-8,12,19H,3,6,9-11,13H2,(H,22,25). The lowest BCUT2D eigenvalue weighted by Crippen LogP contribution is -2.44. The monoisotopic (exact) mass is 347 g/mol. The Bertz CT molecular complexity index is 908. The number of carbonyl (C=O) groups excluding carboxylic acids is 2. The van der Waals surface area contributed by atoms with Crippen molar-refractivity contribution in [2.45, 2.75) is 31.8 Å². The Kier molecular flexibility index (Phi) is 3.48. The molecule has 0 aromatic heterocycles. The van der Waals surface area contributed by atoms with Crippen molar-refractivity contribution in [3.8, 4) is 0 Å². The van der Waals surface area contributed by atoms with Gasteiger partial charge in [-0.05, 0) is 48.6 Å². The summed E-state index contributed by atoms with van der Waals surface area (Å²) < 4.78 is 0. The van der Waals surface area contributed by atoms with Crippen LogP contribution in [-0.4, -0.2) is 35.8 Å². The molecule has 0 radical (unpaired) electrons. The predicted molar refractivity (Wildman–Crippen MR) is 100 cm³/mol. The first-order chi connectivity index (χ1) is 12.7. The molecular weight excluding hydrogens is 326 g/mol. The molecule has 1 unspecified atom stereocenters. The second-order valence-electron chi connectivity index (χ2n) is 7.32. The molecule has 5 heteroatoms. The predicted octanol–water partition coefficient (Wildman–Crippen LogP) is 2.81. The van der Waals surface area contributed by atoms with Gasteiger partial charge in [-0.3, -0.25) is 9.59 Å². The van der Waals surface area contributed by atoms with Gasteiger partial charge in [0.1, 0.15) is 6.04 Å². The summed E-state index contributed by atoms with van der Waals surface area (Å²) in [4.78, 5) is 29.4. The van der Waals surface area contributed by atoms with Crippen LogP contribution in [-0.2, 0) is 17.8 Å². The molecule has 2 aromatic rings. The van der Waals surface area contributed by atoms with E-state index in [1.54, 1.807) is 0 Å². The van der Waals surface area contributed by atoms with Gasteiger partial charge in [0.05, 0.1) is 11.4 Å². The first kappa shape index (κ1) is 15.4. The molecule has 0 spiro atoms. The lowest BCUT2D eigenvalue weighted by molar-refractivity contribution is -0.117. The van der Waals surface area contributed by atoms with Gasteiger partial charge in [-0.1, -0.05) is 24.3 Å². The number of amides is 2. The van der Waals surface area contributed by atoms with Crippen molar-refractivity contribution in [3.63, 3.8) is 0 Å². The smallest absolute Gasteiger partial charge is 0.254 e. The van der Waals surface area contributed by atoms with Crippen molar-refractivity contribution in [1.29, 1.82) is 0 Å². The van der Waals surface area contributed by atoms with E-state index in [-0.39, 0.29) is 17.9 Å². The first-order valence-corrected chi connectivity index (χ1v) is 9.28. The van der Waals surface area contributed by atoms with Gasteiger partial charge in [0.2, 0.25) is 5.91 Å². The Morgan fingerprint density at radius 2 is 1.92 bits per heavy atom. The van der Waals surface area contributed by atoms with Gasteiger partial charge in [0, 0.05) is 25.2 Å². The third-order valence-corrected chi connectivity index (χ3v) is 5.78. The maximum Gasteiger partial charge on any atom is 0.254 e. The highest BCUT2D eigenvalue weighted by Crippen LogP contribution is 2.37. The molecule has 0 bridgehead atoms. The van der Waals surface area contributed by atoms with Gasteiger partial charge < -0.3 is 15.1 Å². The molecule has 0 saturated carbocycles. The summed E-state index contributed by atoms with van der Waals surface area (Å²) in [6.07, 6.45) is 2.82. The van der Waals surface area contributed by atoms with Crippen LogP contribution in [0.5, 0.6) is 0 Å². The molecule has 5 nitrogen and oxygen atoms in total. The molecule has 1 fully saturated rings. The number of anilines is 2. The van der Waals surface area contributed by atoms with E-state index >= 15 is 0 Å². The number of hydrogen-bond donors (Lipinski definition) is 1. The summed E-state index contributed by atoms with van der Waals surface area (Å²) in [5, 5.41) is 2.99.